The Labute approximate surface area is 161 Å². The average molecular weight is 404 g/mol. The highest BCUT2D eigenvalue weighted by atomic mass is 19.4. The molecule has 1 aromatic heterocycles. The Morgan fingerprint density at radius 1 is 1.36 bits per heavy atom. The van der Waals surface area contributed by atoms with Crippen LogP contribution in [0.25, 0.3) is 0 Å². The summed E-state index contributed by atoms with van der Waals surface area (Å²) >= 11 is 0. The van der Waals surface area contributed by atoms with Crippen LogP contribution in [0.3, 0.4) is 0 Å². The maximum atomic E-state index is 12.7. The Bertz CT molecular complexity index is 699. The van der Waals surface area contributed by atoms with E-state index in [4.69, 9.17) is 9.90 Å². The number of hydrogen-bond donors (Lipinski definition) is 2. The Hall–Kier alpha value is -2.10. The van der Waals surface area contributed by atoms with Crippen LogP contribution in [0, 0.1) is 5.92 Å². The van der Waals surface area contributed by atoms with Crippen LogP contribution in [0.2, 0.25) is 0 Å². The van der Waals surface area contributed by atoms with Gasteiger partial charge in [0, 0.05) is 32.1 Å². The normalized spacial score (nSPS) is 19.6. The lowest BCUT2D eigenvalue weighted by molar-refractivity contribution is -0.192. The lowest BCUT2D eigenvalue weighted by atomic mass is 10.0. The second kappa shape index (κ2) is 8.93. The molecule has 10 heteroatoms. The molecule has 1 aromatic rings. The van der Waals surface area contributed by atoms with Gasteiger partial charge in [0.25, 0.3) is 0 Å². The number of rotatable bonds is 5. The van der Waals surface area contributed by atoms with Gasteiger partial charge in [-0.25, -0.2) is 9.78 Å². The van der Waals surface area contributed by atoms with Gasteiger partial charge >= 0.3 is 12.1 Å². The van der Waals surface area contributed by atoms with E-state index in [0.717, 1.165) is 36.8 Å². The van der Waals surface area contributed by atoms with Crippen LogP contribution in [-0.2, 0) is 16.0 Å². The molecule has 2 N–H and O–H groups in total. The third kappa shape index (κ3) is 5.46. The Kier molecular flexibility index (Phi) is 7.08. The first kappa shape index (κ1) is 22.2. The number of likely N-dealkylation sites (N-methyl/N-ethyl adjacent to an activating group) is 1. The van der Waals surface area contributed by atoms with Crippen molar-refractivity contribution in [2.75, 3.05) is 19.6 Å². The highest BCUT2D eigenvalue weighted by molar-refractivity contribution is 5.83. The molecule has 2 aliphatic rings. The van der Waals surface area contributed by atoms with Crippen LogP contribution < -0.4 is 5.32 Å². The number of imidazole rings is 1. The number of carbonyl (C=O) groups excluding carboxylic acids is 1. The molecule has 0 bridgehead atoms. The quantitative estimate of drug-likeness (QED) is 0.788. The minimum atomic E-state index is -5.08. The summed E-state index contributed by atoms with van der Waals surface area (Å²) in [5.74, 6) is -1.84. The summed E-state index contributed by atoms with van der Waals surface area (Å²) in [6, 6.07) is 0.165. The molecule has 1 aliphatic carbocycles. The molecule has 1 fully saturated rings. The van der Waals surface area contributed by atoms with Gasteiger partial charge in [-0.2, -0.15) is 13.2 Å². The Morgan fingerprint density at radius 3 is 2.43 bits per heavy atom. The van der Waals surface area contributed by atoms with Crippen LogP contribution in [-0.4, -0.2) is 57.2 Å². The van der Waals surface area contributed by atoms with E-state index >= 15 is 0 Å². The van der Waals surface area contributed by atoms with Gasteiger partial charge < -0.3 is 15.0 Å². The monoisotopic (exact) mass is 404 g/mol. The van der Waals surface area contributed by atoms with E-state index in [2.05, 4.69) is 33.6 Å². The molecule has 1 atom stereocenters. The lowest BCUT2D eigenvalue weighted by Gasteiger charge is -2.35. The topological polar surface area (TPSA) is 87.5 Å². The van der Waals surface area contributed by atoms with Crippen LogP contribution in [0.1, 0.15) is 57.1 Å². The number of alkyl halides is 3. The summed E-state index contributed by atoms with van der Waals surface area (Å²) in [4.78, 5) is 28.5. The van der Waals surface area contributed by atoms with Crippen LogP contribution in [0.15, 0.2) is 6.33 Å². The molecular weight excluding hydrogens is 377 g/mol. The maximum Gasteiger partial charge on any atom is 0.490 e. The van der Waals surface area contributed by atoms with Crippen molar-refractivity contribution in [3.63, 3.8) is 0 Å². The molecule has 0 radical (unpaired) electrons. The molecule has 3 rings (SSSR count). The number of nitrogens with one attached hydrogen (secondary N) is 1. The number of aromatic nitrogens is 2. The van der Waals surface area contributed by atoms with Crippen molar-refractivity contribution in [2.45, 2.75) is 58.3 Å². The number of carboxylic acid groups (broad SMARTS) is 1. The summed E-state index contributed by atoms with van der Waals surface area (Å²) in [7, 11) is 0. The van der Waals surface area contributed by atoms with Gasteiger partial charge in [0.05, 0.1) is 17.7 Å². The predicted octanol–water partition coefficient (Wildman–Crippen LogP) is 2.54. The van der Waals surface area contributed by atoms with E-state index in [1.54, 1.807) is 0 Å². The number of aliphatic carboxylic acids is 1. The number of carboxylic acids is 1. The number of amides is 1. The summed E-state index contributed by atoms with van der Waals surface area (Å²) in [6.07, 6.45) is 0.406. The standard InChI is InChI=1S/C16H26N4O.C2HF3O2/c1-4-17-16(21)15-14-13(18-10-20(14)11(2)3)7-8-19(15)9-12-5-6-12;3-2(4,5)1(6)7/h10-12,15H,4-9H2,1-3H3,(H,17,21);(H,6,7). The number of fused-ring (bicyclic) bond motifs is 1. The van der Waals surface area contributed by atoms with Crippen LogP contribution in [0.5, 0.6) is 0 Å². The van der Waals surface area contributed by atoms with E-state index in [0.29, 0.717) is 12.6 Å². The molecule has 7 nitrogen and oxygen atoms in total. The van der Waals surface area contributed by atoms with Crippen LogP contribution >= 0.6 is 0 Å². The minimum absolute atomic E-state index is 0.126. The fraction of sp³-hybridized carbons (Fsp3) is 0.722. The first-order valence-corrected chi connectivity index (χ1v) is 9.43. The molecule has 1 unspecified atom stereocenters. The fourth-order valence-electron chi connectivity index (χ4n) is 3.25. The van der Waals surface area contributed by atoms with E-state index in [1.807, 2.05) is 13.3 Å². The molecule has 0 aromatic carbocycles. The molecule has 1 aliphatic heterocycles. The van der Waals surface area contributed by atoms with Crippen molar-refractivity contribution in [1.82, 2.24) is 19.8 Å². The molecule has 0 spiro atoms. The second-order valence-electron chi connectivity index (χ2n) is 7.37. The zero-order valence-electron chi connectivity index (χ0n) is 16.3. The van der Waals surface area contributed by atoms with Crippen molar-refractivity contribution in [3.05, 3.63) is 17.7 Å². The smallest absolute Gasteiger partial charge is 0.475 e. The average Bonchev–Trinajstić information content (AvgIpc) is 3.30. The largest absolute Gasteiger partial charge is 0.490 e. The number of nitrogens with zero attached hydrogens (tertiary/aromatic N) is 3. The van der Waals surface area contributed by atoms with Gasteiger partial charge in [-0.15, -0.1) is 0 Å². The van der Waals surface area contributed by atoms with Crippen molar-refractivity contribution in [2.24, 2.45) is 5.92 Å². The second-order valence-corrected chi connectivity index (χ2v) is 7.37. The van der Waals surface area contributed by atoms with E-state index in [1.165, 1.54) is 12.8 Å². The first-order chi connectivity index (χ1) is 13.1. The number of halogens is 3. The summed E-state index contributed by atoms with van der Waals surface area (Å²) in [5, 5.41) is 10.1. The molecule has 0 saturated heterocycles. The predicted molar refractivity (Wildman–Crippen MR) is 95.7 cm³/mol. The zero-order chi connectivity index (χ0) is 21.1. The van der Waals surface area contributed by atoms with E-state index in [-0.39, 0.29) is 11.9 Å². The molecule has 1 saturated carbocycles. The van der Waals surface area contributed by atoms with Gasteiger partial charge in [0.15, 0.2) is 0 Å². The van der Waals surface area contributed by atoms with E-state index < -0.39 is 12.1 Å². The fourth-order valence-corrected chi connectivity index (χ4v) is 3.25. The van der Waals surface area contributed by atoms with Gasteiger partial charge in [0.2, 0.25) is 5.91 Å². The number of hydrogen-bond acceptors (Lipinski definition) is 4. The first-order valence-electron chi connectivity index (χ1n) is 9.43. The lowest BCUT2D eigenvalue weighted by Crippen LogP contribution is -2.46. The molecule has 28 heavy (non-hydrogen) atoms. The van der Waals surface area contributed by atoms with Crippen LogP contribution in [0.4, 0.5) is 13.2 Å². The maximum absolute atomic E-state index is 12.7. The van der Waals surface area contributed by atoms with Gasteiger partial charge in [0.1, 0.15) is 6.04 Å². The third-order valence-corrected chi connectivity index (χ3v) is 4.76. The van der Waals surface area contributed by atoms with E-state index in [9.17, 15) is 18.0 Å². The molecular formula is C18H27F3N4O3. The van der Waals surface area contributed by atoms with Gasteiger partial charge in [-0.1, -0.05) is 0 Å². The molecule has 2 heterocycles. The van der Waals surface area contributed by atoms with Crippen molar-refractivity contribution >= 4 is 11.9 Å². The Balaban J connectivity index is 0.000000345. The van der Waals surface area contributed by atoms with Crippen molar-refractivity contribution in [1.29, 1.82) is 0 Å². The SMILES string of the molecule is CCNC(=O)C1c2c(ncn2C(C)C)CCN1CC1CC1.O=C(O)C(F)(F)F. The third-order valence-electron chi connectivity index (χ3n) is 4.76. The highest BCUT2D eigenvalue weighted by Crippen LogP contribution is 2.36. The molecule has 1 amide bonds. The Morgan fingerprint density at radius 2 is 1.96 bits per heavy atom. The zero-order valence-corrected chi connectivity index (χ0v) is 16.3. The number of carbonyl (C=O) groups is 2. The summed E-state index contributed by atoms with van der Waals surface area (Å²) < 4.78 is 33.9. The summed E-state index contributed by atoms with van der Waals surface area (Å²) in [6.45, 7) is 8.95. The minimum Gasteiger partial charge on any atom is -0.475 e. The molecule has 158 valence electrons. The van der Waals surface area contributed by atoms with Gasteiger partial charge in [-0.3, -0.25) is 9.69 Å². The summed E-state index contributed by atoms with van der Waals surface area (Å²) in [5.41, 5.74) is 2.22. The van der Waals surface area contributed by atoms with Crippen molar-refractivity contribution < 1.29 is 27.9 Å². The van der Waals surface area contributed by atoms with Gasteiger partial charge in [-0.05, 0) is 39.5 Å². The highest BCUT2D eigenvalue weighted by Gasteiger charge is 2.39. The van der Waals surface area contributed by atoms with Crippen molar-refractivity contribution in [3.8, 4) is 0 Å².